The molecule has 0 saturated heterocycles. The molecule has 0 aliphatic carbocycles. The SMILES string of the molecule is c1ccc2cc3c(ccc4nccnc43)cc2c1. The van der Waals surface area contributed by atoms with Gasteiger partial charge in [0.05, 0.1) is 11.0 Å². The summed E-state index contributed by atoms with van der Waals surface area (Å²) in [4.78, 5) is 8.80. The van der Waals surface area contributed by atoms with E-state index in [1.54, 1.807) is 12.4 Å². The molecular weight excluding hydrogens is 220 g/mol. The molecule has 0 bridgehead atoms. The zero-order valence-electron chi connectivity index (χ0n) is 9.67. The Balaban J connectivity index is 2.27. The standard InChI is InChI=1S/C16H10N2/c1-2-4-12-10-14-13(9-11(12)3-1)5-6-15-16(14)18-8-7-17-15/h1-10H. The van der Waals surface area contributed by atoms with Crippen molar-refractivity contribution in [2.45, 2.75) is 0 Å². The summed E-state index contributed by atoms with van der Waals surface area (Å²) < 4.78 is 0. The lowest BCUT2D eigenvalue weighted by Crippen LogP contribution is -1.84. The number of hydrogen-bond donors (Lipinski definition) is 0. The van der Waals surface area contributed by atoms with Gasteiger partial charge in [0.15, 0.2) is 0 Å². The summed E-state index contributed by atoms with van der Waals surface area (Å²) in [5, 5.41) is 4.87. The molecule has 18 heavy (non-hydrogen) atoms. The van der Waals surface area contributed by atoms with Crippen LogP contribution in [-0.2, 0) is 0 Å². The first-order valence-corrected chi connectivity index (χ1v) is 5.94. The van der Waals surface area contributed by atoms with Crippen molar-refractivity contribution in [1.29, 1.82) is 0 Å². The number of fused-ring (bicyclic) bond motifs is 4. The molecule has 0 aliphatic rings. The molecule has 0 saturated carbocycles. The van der Waals surface area contributed by atoms with Gasteiger partial charge in [0, 0.05) is 17.8 Å². The van der Waals surface area contributed by atoms with E-state index in [9.17, 15) is 0 Å². The molecule has 0 unspecified atom stereocenters. The lowest BCUT2D eigenvalue weighted by atomic mass is 10.0. The average molecular weight is 230 g/mol. The maximum atomic E-state index is 4.45. The van der Waals surface area contributed by atoms with Crippen molar-refractivity contribution in [3.63, 3.8) is 0 Å². The molecule has 0 radical (unpaired) electrons. The summed E-state index contributed by atoms with van der Waals surface area (Å²) in [6.45, 7) is 0. The fraction of sp³-hybridized carbons (Fsp3) is 0. The van der Waals surface area contributed by atoms with E-state index in [1.165, 1.54) is 21.5 Å². The number of rotatable bonds is 0. The molecule has 0 aliphatic heterocycles. The fourth-order valence-electron chi connectivity index (χ4n) is 2.45. The van der Waals surface area contributed by atoms with Gasteiger partial charge in [0.25, 0.3) is 0 Å². The van der Waals surface area contributed by atoms with Crippen LogP contribution in [0.15, 0.2) is 60.9 Å². The average Bonchev–Trinajstić information content (AvgIpc) is 2.45. The second kappa shape index (κ2) is 3.50. The monoisotopic (exact) mass is 230 g/mol. The summed E-state index contributed by atoms with van der Waals surface area (Å²) in [7, 11) is 0. The molecule has 4 aromatic rings. The first-order chi connectivity index (χ1) is 8.92. The Labute approximate surface area is 104 Å². The third kappa shape index (κ3) is 1.29. The van der Waals surface area contributed by atoms with Gasteiger partial charge in [-0.3, -0.25) is 9.97 Å². The van der Waals surface area contributed by atoms with E-state index < -0.39 is 0 Å². The minimum Gasteiger partial charge on any atom is -0.253 e. The lowest BCUT2D eigenvalue weighted by Gasteiger charge is -2.04. The zero-order chi connectivity index (χ0) is 11.9. The van der Waals surface area contributed by atoms with Crippen LogP contribution in [0.3, 0.4) is 0 Å². The lowest BCUT2D eigenvalue weighted by molar-refractivity contribution is 1.30. The van der Waals surface area contributed by atoms with Crippen molar-refractivity contribution in [2.75, 3.05) is 0 Å². The molecule has 2 nitrogen and oxygen atoms in total. The molecule has 0 amide bonds. The van der Waals surface area contributed by atoms with Crippen LogP contribution in [0.4, 0.5) is 0 Å². The minimum absolute atomic E-state index is 0.945. The van der Waals surface area contributed by atoms with Crippen molar-refractivity contribution in [2.24, 2.45) is 0 Å². The van der Waals surface area contributed by atoms with E-state index >= 15 is 0 Å². The Morgan fingerprint density at radius 1 is 0.667 bits per heavy atom. The quantitative estimate of drug-likeness (QED) is 0.338. The largest absolute Gasteiger partial charge is 0.253 e. The van der Waals surface area contributed by atoms with Crippen LogP contribution in [0.25, 0.3) is 32.6 Å². The molecule has 0 fully saturated rings. The molecule has 0 N–H and O–H groups in total. The summed E-state index contributed by atoms with van der Waals surface area (Å²) in [5.41, 5.74) is 1.92. The van der Waals surface area contributed by atoms with Crippen molar-refractivity contribution < 1.29 is 0 Å². The first kappa shape index (κ1) is 9.54. The first-order valence-electron chi connectivity index (χ1n) is 5.94. The Bertz CT molecular complexity index is 875. The highest BCUT2D eigenvalue weighted by atomic mass is 14.8. The summed E-state index contributed by atoms with van der Waals surface area (Å²) >= 11 is 0. The number of nitrogens with zero attached hydrogens (tertiary/aromatic N) is 2. The van der Waals surface area contributed by atoms with Crippen molar-refractivity contribution in [1.82, 2.24) is 9.97 Å². The van der Waals surface area contributed by atoms with Crippen LogP contribution in [0, 0.1) is 0 Å². The van der Waals surface area contributed by atoms with E-state index in [0.717, 1.165) is 11.0 Å². The number of hydrogen-bond acceptors (Lipinski definition) is 2. The predicted molar refractivity (Wildman–Crippen MR) is 74.6 cm³/mol. The maximum absolute atomic E-state index is 4.45. The fourth-order valence-corrected chi connectivity index (χ4v) is 2.45. The van der Waals surface area contributed by atoms with Crippen molar-refractivity contribution in [3.8, 4) is 0 Å². The third-order valence-electron chi connectivity index (χ3n) is 3.32. The molecule has 3 aromatic carbocycles. The van der Waals surface area contributed by atoms with Gasteiger partial charge in [0.1, 0.15) is 0 Å². The molecular formula is C16H10N2. The van der Waals surface area contributed by atoms with Gasteiger partial charge in [-0.15, -0.1) is 0 Å². The number of aromatic nitrogens is 2. The van der Waals surface area contributed by atoms with Gasteiger partial charge in [-0.1, -0.05) is 30.3 Å². The van der Waals surface area contributed by atoms with Gasteiger partial charge < -0.3 is 0 Å². The molecule has 4 rings (SSSR count). The van der Waals surface area contributed by atoms with Gasteiger partial charge in [-0.25, -0.2) is 0 Å². The Morgan fingerprint density at radius 3 is 2.33 bits per heavy atom. The smallest absolute Gasteiger partial charge is 0.0965 e. The summed E-state index contributed by atoms with van der Waals surface area (Å²) in [6.07, 6.45) is 3.48. The maximum Gasteiger partial charge on any atom is 0.0965 e. The molecule has 1 aromatic heterocycles. The summed E-state index contributed by atoms with van der Waals surface area (Å²) in [6, 6.07) is 16.9. The van der Waals surface area contributed by atoms with Crippen LogP contribution in [0.1, 0.15) is 0 Å². The van der Waals surface area contributed by atoms with E-state index in [4.69, 9.17) is 0 Å². The van der Waals surface area contributed by atoms with E-state index in [1.807, 2.05) is 6.07 Å². The Kier molecular flexibility index (Phi) is 1.86. The highest BCUT2D eigenvalue weighted by Gasteiger charge is 2.03. The van der Waals surface area contributed by atoms with Gasteiger partial charge in [0.2, 0.25) is 0 Å². The Morgan fingerprint density at radius 2 is 1.44 bits per heavy atom. The third-order valence-corrected chi connectivity index (χ3v) is 3.32. The second-order valence-corrected chi connectivity index (χ2v) is 4.41. The zero-order valence-corrected chi connectivity index (χ0v) is 9.67. The molecule has 2 heteroatoms. The van der Waals surface area contributed by atoms with Gasteiger partial charge in [-0.05, 0) is 34.4 Å². The van der Waals surface area contributed by atoms with E-state index in [0.29, 0.717) is 0 Å². The second-order valence-electron chi connectivity index (χ2n) is 4.41. The minimum atomic E-state index is 0.945. The normalized spacial score (nSPS) is 11.3. The van der Waals surface area contributed by atoms with Crippen LogP contribution >= 0.6 is 0 Å². The van der Waals surface area contributed by atoms with Gasteiger partial charge >= 0.3 is 0 Å². The molecule has 84 valence electrons. The van der Waals surface area contributed by atoms with Crippen LogP contribution in [-0.4, -0.2) is 9.97 Å². The van der Waals surface area contributed by atoms with E-state index in [-0.39, 0.29) is 0 Å². The summed E-state index contributed by atoms with van der Waals surface area (Å²) in [5.74, 6) is 0. The topological polar surface area (TPSA) is 25.8 Å². The van der Waals surface area contributed by atoms with Gasteiger partial charge in [-0.2, -0.15) is 0 Å². The van der Waals surface area contributed by atoms with Crippen molar-refractivity contribution in [3.05, 3.63) is 60.9 Å². The van der Waals surface area contributed by atoms with Crippen LogP contribution in [0.2, 0.25) is 0 Å². The molecule has 0 spiro atoms. The molecule has 0 atom stereocenters. The van der Waals surface area contributed by atoms with Crippen LogP contribution < -0.4 is 0 Å². The van der Waals surface area contributed by atoms with Crippen molar-refractivity contribution >= 4 is 32.6 Å². The predicted octanol–water partition coefficient (Wildman–Crippen LogP) is 3.94. The number of benzene rings is 3. The van der Waals surface area contributed by atoms with E-state index in [2.05, 4.69) is 52.4 Å². The highest BCUT2D eigenvalue weighted by Crippen LogP contribution is 2.27. The Hall–Kier alpha value is -2.48. The van der Waals surface area contributed by atoms with Crippen LogP contribution in [0.5, 0.6) is 0 Å². The molecule has 1 heterocycles. The highest BCUT2D eigenvalue weighted by molar-refractivity contribution is 6.09.